The first-order valence-corrected chi connectivity index (χ1v) is 7.32. The highest BCUT2D eigenvalue weighted by Gasteiger charge is 2.13. The van der Waals surface area contributed by atoms with Crippen molar-refractivity contribution in [1.82, 2.24) is 9.38 Å². The van der Waals surface area contributed by atoms with Crippen LogP contribution >= 0.6 is 22.9 Å². The molecule has 0 radical (unpaired) electrons. The van der Waals surface area contributed by atoms with Gasteiger partial charge in [-0.2, -0.15) is 0 Å². The van der Waals surface area contributed by atoms with Crippen LogP contribution in [0.15, 0.2) is 36.0 Å². The van der Waals surface area contributed by atoms with E-state index in [1.165, 1.54) is 0 Å². The van der Waals surface area contributed by atoms with Gasteiger partial charge in [-0.05, 0) is 30.2 Å². The van der Waals surface area contributed by atoms with Gasteiger partial charge < -0.3 is 5.73 Å². The Morgan fingerprint density at radius 2 is 2.32 bits per heavy atom. The molecule has 0 spiro atoms. The van der Waals surface area contributed by atoms with Crippen molar-refractivity contribution in [3.63, 3.8) is 0 Å². The van der Waals surface area contributed by atoms with E-state index in [0.29, 0.717) is 0 Å². The number of hydrogen-bond acceptors (Lipinski definition) is 3. The first-order valence-electron chi connectivity index (χ1n) is 6.06. The van der Waals surface area contributed by atoms with Crippen molar-refractivity contribution in [2.24, 2.45) is 5.73 Å². The van der Waals surface area contributed by atoms with Gasteiger partial charge in [-0.3, -0.25) is 4.40 Å². The summed E-state index contributed by atoms with van der Waals surface area (Å²) < 4.78 is 2.03. The van der Waals surface area contributed by atoms with Crippen LogP contribution < -0.4 is 5.73 Å². The molecule has 5 heteroatoms. The number of aryl methyl sites for hydroxylation is 1. The number of aromatic nitrogens is 2. The van der Waals surface area contributed by atoms with Crippen molar-refractivity contribution >= 4 is 27.9 Å². The summed E-state index contributed by atoms with van der Waals surface area (Å²) in [5, 5.41) is 2.74. The Morgan fingerprint density at radius 1 is 1.47 bits per heavy atom. The zero-order valence-electron chi connectivity index (χ0n) is 10.5. The van der Waals surface area contributed by atoms with Crippen LogP contribution in [0.25, 0.3) is 4.96 Å². The maximum absolute atomic E-state index is 6.28. The maximum Gasteiger partial charge on any atom is 0.193 e. The van der Waals surface area contributed by atoms with E-state index in [-0.39, 0.29) is 6.04 Å². The molecule has 0 saturated heterocycles. The van der Waals surface area contributed by atoms with Crippen LogP contribution in [0.2, 0.25) is 5.02 Å². The van der Waals surface area contributed by atoms with Gasteiger partial charge in [0.15, 0.2) is 4.96 Å². The molecule has 19 heavy (non-hydrogen) atoms. The first kappa shape index (κ1) is 12.7. The Labute approximate surface area is 120 Å². The third kappa shape index (κ3) is 2.52. The van der Waals surface area contributed by atoms with E-state index in [2.05, 4.69) is 11.9 Å². The van der Waals surface area contributed by atoms with Crippen molar-refractivity contribution in [2.75, 3.05) is 0 Å². The van der Waals surface area contributed by atoms with Crippen LogP contribution in [-0.2, 0) is 6.42 Å². The standard InChI is InChI=1S/C14H14ClN3S/c1-9-2-3-10(15)6-12(9)13(16)7-11-8-18-4-5-19-14(18)17-11/h2-6,8,13H,7,16H2,1H3. The number of thiazole rings is 1. The van der Waals surface area contributed by atoms with E-state index in [0.717, 1.165) is 33.2 Å². The second kappa shape index (κ2) is 4.96. The fraction of sp³-hybridized carbons (Fsp3) is 0.214. The topological polar surface area (TPSA) is 43.3 Å². The monoisotopic (exact) mass is 291 g/mol. The molecule has 0 aliphatic heterocycles. The number of nitrogens with two attached hydrogens (primary N) is 1. The Hall–Kier alpha value is -1.36. The molecule has 1 unspecified atom stereocenters. The summed E-state index contributed by atoms with van der Waals surface area (Å²) >= 11 is 7.66. The van der Waals surface area contributed by atoms with Gasteiger partial charge >= 0.3 is 0 Å². The van der Waals surface area contributed by atoms with Gasteiger partial charge in [0.2, 0.25) is 0 Å². The highest BCUT2D eigenvalue weighted by molar-refractivity contribution is 7.15. The maximum atomic E-state index is 6.28. The fourth-order valence-corrected chi connectivity index (χ4v) is 3.12. The second-order valence-electron chi connectivity index (χ2n) is 4.64. The number of benzene rings is 1. The van der Waals surface area contributed by atoms with Gasteiger partial charge in [0.05, 0.1) is 5.69 Å². The van der Waals surface area contributed by atoms with Crippen LogP contribution in [0.5, 0.6) is 0 Å². The van der Waals surface area contributed by atoms with E-state index in [4.69, 9.17) is 17.3 Å². The lowest BCUT2D eigenvalue weighted by atomic mass is 9.98. The lowest BCUT2D eigenvalue weighted by Crippen LogP contribution is -2.14. The molecule has 3 nitrogen and oxygen atoms in total. The molecule has 3 rings (SSSR count). The average molecular weight is 292 g/mol. The largest absolute Gasteiger partial charge is 0.324 e. The molecule has 0 aliphatic rings. The lowest BCUT2D eigenvalue weighted by Gasteiger charge is -2.13. The minimum Gasteiger partial charge on any atom is -0.324 e. The molecule has 1 atom stereocenters. The Balaban J connectivity index is 1.86. The van der Waals surface area contributed by atoms with Crippen molar-refractivity contribution < 1.29 is 0 Å². The highest BCUT2D eigenvalue weighted by Crippen LogP contribution is 2.23. The molecular formula is C14H14ClN3S. The van der Waals surface area contributed by atoms with Crippen LogP contribution in [0.4, 0.5) is 0 Å². The summed E-state index contributed by atoms with van der Waals surface area (Å²) in [4.78, 5) is 5.56. The van der Waals surface area contributed by atoms with E-state index in [1.54, 1.807) is 11.3 Å². The highest BCUT2D eigenvalue weighted by atomic mass is 35.5. The van der Waals surface area contributed by atoms with E-state index < -0.39 is 0 Å². The number of halogens is 1. The molecule has 0 aliphatic carbocycles. The van der Waals surface area contributed by atoms with E-state index >= 15 is 0 Å². The Morgan fingerprint density at radius 3 is 3.11 bits per heavy atom. The molecule has 0 fully saturated rings. The minimum atomic E-state index is -0.0803. The number of nitrogens with zero attached hydrogens (tertiary/aromatic N) is 2. The molecule has 2 N–H and O–H groups in total. The smallest absolute Gasteiger partial charge is 0.193 e. The average Bonchev–Trinajstić information content (AvgIpc) is 2.92. The molecule has 3 aromatic rings. The summed E-state index contributed by atoms with van der Waals surface area (Å²) in [5.41, 5.74) is 9.55. The summed E-state index contributed by atoms with van der Waals surface area (Å²) in [5.74, 6) is 0. The molecule has 0 bridgehead atoms. The molecule has 0 saturated carbocycles. The van der Waals surface area contributed by atoms with Gasteiger partial charge in [-0.25, -0.2) is 4.98 Å². The zero-order valence-corrected chi connectivity index (χ0v) is 12.1. The van der Waals surface area contributed by atoms with Gasteiger partial charge in [0.25, 0.3) is 0 Å². The third-order valence-electron chi connectivity index (χ3n) is 3.21. The molecular weight excluding hydrogens is 278 g/mol. The van der Waals surface area contributed by atoms with Gasteiger partial charge in [-0.1, -0.05) is 17.7 Å². The van der Waals surface area contributed by atoms with Crippen molar-refractivity contribution in [1.29, 1.82) is 0 Å². The van der Waals surface area contributed by atoms with Gasteiger partial charge in [0.1, 0.15) is 0 Å². The molecule has 2 aromatic heterocycles. The third-order valence-corrected chi connectivity index (χ3v) is 4.22. The van der Waals surface area contributed by atoms with Crippen LogP contribution in [0.3, 0.4) is 0 Å². The SMILES string of the molecule is Cc1ccc(Cl)cc1C(N)Cc1cn2ccsc2n1. The quantitative estimate of drug-likeness (QED) is 0.801. The molecule has 98 valence electrons. The van der Waals surface area contributed by atoms with Crippen molar-refractivity contribution in [2.45, 2.75) is 19.4 Å². The summed E-state index contributed by atoms with van der Waals surface area (Å²) in [6, 6.07) is 5.76. The Kier molecular flexibility index (Phi) is 3.31. The zero-order chi connectivity index (χ0) is 13.4. The van der Waals surface area contributed by atoms with Gasteiger partial charge in [-0.15, -0.1) is 11.3 Å². The number of hydrogen-bond donors (Lipinski definition) is 1. The second-order valence-corrected chi connectivity index (χ2v) is 5.95. The summed E-state index contributed by atoms with van der Waals surface area (Å²) in [6.07, 6.45) is 4.76. The molecule has 2 heterocycles. The van der Waals surface area contributed by atoms with Crippen molar-refractivity contribution in [3.8, 4) is 0 Å². The van der Waals surface area contributed by atoms with Gasteiger partial charge in [0, 0.05) is 35.3 Å². The normalized spacial score (nSPS) is 13.0. The lowest BCUT2D eigenvalue weighted by molar-refractivity contribution is 0.705. The predicted molar refractivity (Wildman–Crippen MR) is 79.9 cm³/mol. The molecule has 1 aromatic carbocycles. The minimum absolute atomic E-state index is 0.0803. The summed E-state index contributed by atoms with van der Waals surface area (Å²) in [7, 11) is 0. The van der Waals surface area contributed by atoms with E-state index in [1.807, 2.05) is 40.4 Å². The Bertz CT molecular complexity index is 688. The molecule has 0 amide bonds. The van der Waals surface area contributed by atoms with Crippen LogP contribution in [0.1, 0.15) is 22.9 Å². The fourth-order valence-electron chi connectivity index (χ4n) is 2.22. The predicted octanol–water partition coefficient (Wildman–Crippen LogP) is 3.60. The first-order chi connectivity index (χ1) is 9.13. The number of imidazole rings is 1. The van der Waals surface area contributed by atoms with Crippen molar-refractivity contribution in [3.05, 3.63) is 57.8 Å². The number of fused-ring (bicyclic) bond motifs is 1. The van der Waals surface area contributed by atoms with Crippen LogP contribution in [-0.4, -0.2) is 9.38 Å². The van der Waals surface area contributed by atoms with E-state index in [9.17, 15) is 0 Å². The summed E-state index contributed by atoms with van der Waals surface area (Å²) in [6.45, 7) is 2.05. The number of rotatable bonds is 3. The van der Waals surface area contributed by atoms with Crippen LogP contribution in [0, 0.1) is 6.92 Å².